The molecule has 0 aliphatic heterocycles. The lowest BCUT2D eigenvalue weighted by Crippen LogP contribution is -2.25. The zero-order chi connectivity index (χ0) is 13.0. The van der Waals surface area contributed by atoms with E-state index in [1.807, 2.05) is 0 Å². The minimum atomic E-state index is -1.16. The molecule has 2 unspecified atom stereocenters. The van der Waals surface area contributed by atoms with E-state index in [2.05, 4.69) is 9.47 Å². The number of carbonyl (C=O) groups excluding carboxylic acids is 4. The van der Waals surface area contributed by atoms with Gasteiger partial charge in [0, 0.05) is 0 Å². The predicted octanol–water partition coefficient (Wildman–Crippen LogP) is -0.113. The van der Waals surface area contributed by atoms with Gasteiger partial charge < -0.3 is 9.47 Å². The minimum Gasteiger partial charge on any atom is -0.465 e. The van der Waals surface area contributed by atoms with Crippen LogP contribution >= 0.6 is 0 Å². The number of hydrogen-bond donors (Lipinski definition) is 0. The predicted molar refractivity (Wildman–Crippen MR) is 54.9 cm³/mol. The normalized spacial score (nSPS) is 23.6. The zero-order valence-electron chi connectivity index (χ0n) is 9.73. The summed E-state index contributed by atoms with van der Waals surface area (Å²) in [5, 5.41) is 0. The van der Waals surface area contributed by atoms with Gasteiger partial charge in [-0.15, -0.1) is 0 Å². The molecule has 6 heteroatoms. The van der Waals surface area contributed by atoms with E-state index in [0.29, 0.717) is 0 Å². The van der Waals surface area contributed by atoms with Gasteiger partial charge in [-0.2, -0.15) is 0 Å². The van der Waals surface area contributed by atoms with Gasteiger partial charge in [0.1, 0.15) is 11.8 Å². The topological polar surface area (TPSA) is 86.7 Å². The summed E-state index contributed by atoms with van der Waals surface area (Å²) in [6.07, 6.45) is -0.144. The lowest BCUT2D eigenvalue weighted by atomic mass is 10.1. The Bertz CT molecular complexity index is 325. The molecule has 17 heavy (non-hydrogen) atoms. The van der Waals surface area contributed by atoms with Crippen LogP contribution in [0.3, 0.4) is 0 Å². The van der Waals surface area contributed by atoms with Crippen molar-refractivity contribution < 1.29 is 28.7 Å². The van der Waals surface area contributed by atoms with Gasteiger partial charge in [0.2, 0.25) is 11.6 Å². The summed E-state index contributed by atoms with van der Waals surface area (Å²) in [6.45, 7) is 3.45. The van der Waals surface area contributed by atoms with Gasteiger partial charge in [0.15, 0.2) is 0 Å². The van der Waals surface area contributed by atoms with Crippen LogP contribution in [0.15, 0.2) is 0 Å². The van der Waals surface area contributed by atoms with Gasteiger partial charge in [-0.05, 0) is 20.3 Å². The average molecular weight is 242 g/mol. The van der Waals surface area contributed by atoms with Gasteiger partial charge in [-0.3, -0.25) is 19.2 Å². The van der Waals surface area contributed by atoms with Crippen LogP contribution in [0.25, 0.3) is 0 Å². The average Bonchev–Trinajstić information content (AvgIpc) is 2.57. The van der Waals surface area contributed by atoms with E-state index in [1.54, 1.807) is 13.8 Å². The Morgan fingerprint density at radius 3 is 1.65 bits per heavy atom. The van der Waals surface area contributed by atoms with Crippen molar-refractivity contribution in [2.45, 2.75) is 20.3 Å². The van der Waals surface area contributed by atoms with Crippen molar-refractivity contribution in [1.82, 2.24) is 0 Å². The first-order chi connectivity index (χ1) is 8.02. The second-order valence-electron chi connectivity index (χ2n) is 3.57. The van der Waals surface area contributed by atoms with Crippen molar-refractivity contribution in [3.63, 3.8) is 0 Å². The standard InChI is InChI=1S/C11H14O6/c1-3-16-10(14)6-5-7(9(13)8(6)12)11(15)17-4-2/h6-7H,3-5H2,1-2H3. The molecule has 1 fully saturated rings. The van der Waals surface area contributed by atoms with Gasteiger partial charge in [-0.25, -0.2) is 0 Å². The van der Waals surface area contributed by atoms with Crippen molar-refractivity contribution in [1.29, 1.82) is 0 Å². The fraction of sp³-hybridized carbons (Fsp3) is 0.636. The van der Waals surface area contributed by atoms with Crippen LogP contribution in [0.2, 0.25) is 0 Å². The molecule has 0 spiro atoms. The molecule has 0 aromatic rings. The first kappa shape index (κ1) is 13.3. The van der Waals surface area contributed by atoms with E-state index in [4.69, 9.17) is 0 Å². The Hall–Kier alpha value is -1.72. The molecular weight excluding hydrogens is 228 g/mol. The first-order valence-corrected chi connectivity index (χ1v) is 5.44. The van der Waals surface area contributed by atoms with Crippen LogP contribution in [0.5, 0.6) is 0 Å². The maximum absolute atomic E-state index is 11.5. The molecule has 6 nitrogen and oxygen atoms in total. The van der Waals surface area contributed by atoms with Crippen LogP contribution in [0, 0.1) is 11.8 Å². The van der Waals surface area contributed by atoms with Gasteiger partial charge >= 0.3 is 11.9 Å². The van der Waals surface area contributed by atoms with Gasteiger partial charge in [0.25, 0.3) is 0 Å². The third-order valence-electron chi connectivity index (χ3n) is 2.49. The van der Waals surface area contributed by atoms with Crippen LogP contribution in [-0.2, 0) is 28.7 Å². The van der Waals surface area contributed by atoms with Crippen molar-refractivity contribution >= 4 is 23.5 Å². The number of rotatable bonds is 4. The van der Waals surface area contributed by atoms with Crippen molar-refractivity contribution in [2.75, 3.05) is 13.2 Å². The molecule has 94 valence electrons. The molecule has 0 heterocycles. The summed E-state index contributed by atoms with van der Waals surface area (Å²) >= 11 is 0. The number of ketones is 2. The summed E-state index contributed by atoms with van der Waals surface area (Å²) in [6, 6.07) is 0. The Kier molecular flexibility index (Phi) is 4.37. The summed E-state index contributed by atoms with van der Waals surface area (Å²) in [4.78, 5) is 45.7. The lowest BCUT2D eigenvalue weighted by Gasteiger charge is -2.07. The maximum atomic E-state index is 11.5. The van der Waals surface area contributed by atoms with Crippen LogP contribution < -0.4 is 0 Å². The highest BCUT2D eigenvalue weighted by Crippen LogP contribution is 2.27. The molecular formula is C11H14O6. The Balaban J connectivity index is 2.75. The number of ether oxygens (including phenoxy) is 2. The van der Waals surface area contributed by atoms with E-state index < -0.39 is 35.3 Å². The largest absolute Gasteiger partial charge is 0.465 e. The summed E-state index contributed by atoms with van der Waals surface area (Å²) in [7, 11) is 0. The lowest BCUT2D eigenvalue weighted by molar-refractivity contribution is -0.153. The number of esters is 2. The first-order valence-electron chi connectivity index (χ1n) is 5.44. The number of Topliss-reactive ketones (excluding diaryl/α,β-unsaturated/α-hetero) is 2. The van der Waals surface area contributed by atoms with E-state index in [-0.39, 0.29) is 19.6 Å². The van der Waals surface area contributed by atoms with E-state index in [9.17, 15) is 19.2 Å². The quantitative estimate of drug-likeness (QED) is 0.388. The van der Waals surface area contributed by atoms with Crippen molar-refractivity contribution in [3.8, 4) is 0 Å². The SMILES string of the molecule is CCOC(=O)C1CC(C(=O)OCC)C(=O)C1=O. The second kappa shape index (κ2) is 5.56. The molecule has 0 bridgehead atoms. The van der Waals surface area contributed by atoms with E-state index in [0.717, 1.165) is 0 Å². The van der Waals surface area contributed by atoms with Crippen LogP contribution in [0.1, 0.15) is 20.3 Å². The highest BCUT2D eigenvalue weighted by molar-refractivity contribution is 6.46. The Morgan fingerprint density at radius 2 is 1.35 bits per heavy atom. The molecule has 1 rings (SSSR count). The molecule has 1 aliphatic carbocycles. The second-order valence-corrected chi connectivity index (χ2v) is 3.57. The monoisotopic (exact) mass is 242 g/mol. The van der Waals surface area contributed by atoms with Crippen LogP contribution in [-0.4, -0.2) is 36.7 Å². The molecule has 1 aliphatic rings. The number of carbonyl (C=O) groups is 4. The Labute approximate surface area is 98.3 Å². The highest BCUT2D eigenvalue weighted by Gasteiger charge is 2.49. The van der Waals surface area contributed by atoms with Crippen molar-refractivity contribution in [2.24, 2.45) is 11.8 Å². The molecule has 0 amide bonds. The zero-order valence-corrected chi connectivity index (χ0v) is 9.73. The Morgan fingerprint density at radius 1 is 1.00 bits per heavy atom. The molecule has 0 saturated heterocycles. The summed E-state index contributed by atoms with van der Waals surface area (Å²) in [5.74, 6) is -5.54. The third-order valence-corrected chi connectivity index (χ3v) is 2.49. The van der Waals surface area contributed by atoms with Crippen molar-refractivity contribution in [3.05, 3.63) is 0 Å². The molecule has 0 aromatic heterocycles. The van der Waals surface area contributed by atoms with E-state index in [1.165, 1.54) is 0 Å². The maximum Gasteiger partial charge on any atom is 0.317 e. The van der Waals surface area contributed by atoms with Gasteiger partial charge in [-0.1, -0.05) is 0 Å². The summed E-state index contributed by atoms with van der Waals surface area (Å²) in [5.41, 5.74) is 0. The van der Waals surface area contributed by atoms with Crippen LogP contribution in [0.4, 0.5) is 0 Å². The van der Waals surface area contributed by atoms with Gasteiger partial charge in [0.05, 0.1) is 13.2 Å². The summed E-state index contributed by atoms with van der Waals surface area (Å²) < 4.78 is 9.34. The third kappa shape index (κ3) is 2.69. The molecule has 1 saturated carbocycles. The fourth-order valence-electron chi connectivity index (χ4n) is 1.69. The minimum absolute atomic E-state index is 0.126. The molecule has 2 atom stereocenters. The molecule has 0 radical (unpaired) electrons. The smallest absolute Gasteiger partial charge is 0.317 e. The number of hydrogen-bond acceptors (Lipinski definition) is 6. The fourth-order valence-corrected chi connectivity index (χ4v) is 1.69. The molecule has 0 aromatic carbocycles. The van der Waals surface area contributed by atoms with E-state index >= 15 is 0 Å². The highest BCUT2D eigenvalue weighted by atomic mass is 16.5. The molecule has 0 N–H and O–H groups in total.